The number of alkyl halides is 3. The number of nitrogens with zero attached hydrogens (tertiary/aromatic N) is 2. The minimum atomic E-state index is -4.62. The molecule has 1 aromatic carbocycles. The topological polar surface area (TPSA) is 49.3 Å². The molecule has 0 atom stereocenters. The molecule has 2 N–H and O–H groups in total. The summed E-state index contributed by atoms with van der Waals surface area (Å²) in [5, 5.41) is 6.66. The molecule has 4 nitrogen and oxygen atoms in total. The van der Waals surface area contributed by atoms with Crippen molar-refractivity contribution in [1.82, 2.24) is 15.6 Å². The highest BCUT2D eigenvalue weighted by atomic mass is 127. The lowest BCUT2D eigenvalue weighted by Gasteiger charge is -2.15. The van der Waals surface area contributed by atoms with Crippen LogP contribution in [0, 0.1) is 19.7 Å². The number of halogens is 5. The maximum Gasteiger partial charge on any atom is 0.416 e. The smallest absolute Gasteiger partial charge is 0.352 e. The van der Waals surface area contributed by atoms with Crippen molar-refractivity contribution in [2.45, 2.75) is 33.1 Å². The summed E-state index contributed by atoms with van der Waals surface area (Å²) >= 11 is 1.54. The Morgan fingerprint density at radius 1 is 1.19 bits per heavy atom. The Morgan fingerprint density at radius 3 is 2.38 bits per heavy atom. The largest absolute Gasteiger partial charge is 0.416 e. The van der Waals surface area contributed by atoms with Gasteiger partial charge in [0.2, 0.25) is 0 Å². The third-order valence-corrected chi connectivity index (χ3v) is 4.60. The van der Waals surface area contributed by atoms with E-state index in [0.717, 1.165) is 27.7 Å². The third kappa shape index (κ3) is 6.08. The van der Waals surface area contributed by atoms with Gasteiger partial charge in [0.1, 0.15) is 10.8 Å². The highest BCUT2D eigenvalue weighted by molar-refractivity contribution is 14.0. The lowest BCUT2D eigenvalue weighted by Crippen LogP contribution is -2.36. The summed E-state index contributed by atoms with van der Waals surface area (Å²) in [6.07, 6.45) is -4.62. The van der Waals surface area contributed by atoms with Crippen LogP contribution in [-0.2, 0) is 19.3 Å². The number of thiazole rings is 1. The van der Waals surface area contributed by atoms with Gasteiger partial charge < -0.3 is 10.6 Å². The van der Waals surface area contributed by atoms with E-state index in [2.05, 4.69) is 20.6 Å². The van der Waals surface area contributed by atoms with Crippen molar-refractivity contribution >= 4 is 41.3 Å². The number of aryl methyl sites for hydroxylation is 2. The zero-order chi connectivity index (χ0) is 18.6. The van der Waals surface area contributed by atoms with Crippen molar-refractivity contribution in [3.05, 3.63) is 50.7 Å². The first kappa shape index (κ1) is 22.6. The number of rotatable bonds is 4. The molecule has 0 saturated heterocycles. The van der Waals surface area contributed by atoms with Crippen LogP contribution < -0.4 is 10.6 Å². The predicted octanol–water partition coefficient (Wildman–Crippen LogP) is 4.40. The second-order valence-electron chi connectivity index (χ2n) is 5.33. The zero-order valence-electron chi connectivity index (χ0n) is 14.4. The van der Waals surface area contributed by atoms with Crippen LogP contribution in [0.15, 0.2) is 23.2 Å². The second kappa shape index (κ2) is 9.49. The first-order chi connectivity index (χ1) is 11.7. The molecule has 1 aromatic heterocycles. The molecule has 144 valence electrons. The first-order valence-corrected chi connectivity index (χ1v) is 8.25. The van der Waals surface area contributed by atoms with Gasteiger partial charge in [0.25, 0.3) is 0 Å². The van der Waals surface area contributed by atoms with Crippen molar-refractivity contribution < 1.29 is 17.6 Å². The van der Waals surface area contributed by atoms with Crippen LogP contribution in [-0.4, -0.2) is 18.0 Å². The van der Waals surface area contributed by atoms with Gasteiger partial charge in [-0.15, -0.1) is 35.3 Å². The second-order valence-corrected chi connectivity index (χ2v) is 6.62. The molecule has 0 fully saturated rings. The number of benzene rings is 1. The highest BCUT2D eigenvalue weighted by Gasteiger charge is 2.33. The number of hydrogen-bond acceptors (Lipinski definition) is 3. The van der Waals surface area contributed by atoms with E-state index in [0.29, 0.717) is 18.6 Å². The van der Waals surface area contributed by atoms with Crippen molar-refractivity contribution in [3.63, 3.8) is 0 Å². The fourth-order valence-corrected chi connectivity index (χ4v) is 3.01. The van der Waals surface area contributed by atoms with Gasteiger partial charge in [-0.3, -0.25) is 4.99 Å². The van der Waals surface area contributed by atoms with Gasteiger partial charge in [-0.05, 0) is 31.5 Å². The Balaban J connectivity index is 0.00000338. The van der Waals surface area contributed by atoms with E-state index in [1.165, 1.54) is 7.05 Å². The molecular weight excluding hydrogens is 483 g/mol. The third-order valence-electron chi connectivity index (χ3n) is 3.53. The Labute approximate surface area is 170 Å². The van der Waals surface area contributed by atoms with E-state index >= 15 is 0 Å². The summed E-state index contributed by atoms with van der Waals surface area (Å²) < 4.78 is 52.1. The molecule has 0 saturated carbocycles. The van der Waals surface area contributed by atoms with Gasteiger partial charge in [0, 0.05) is 18.5 Å². The fourth-order valence-electron chi connectivity index (χ4n) is 2.14. The molecule has 26 heavy (non-hydrogen) atoms. The first-order valence-electron chi connectivity index (χ1n) is 7.43. The summed E-state index contributed by atoms with van der Waals surface area (Å²) in [5.41, 5.74) is -0.106. The highest BCUT2D eigenvalue weighted by Crippen LogP contribution is 2.32. The van der Waals surface area contributed by atoms with E-state index in [9.17, 15) is 17.6 Å². The van der Waals surface area contributed by atoms with Gasteiger partial charge in [-0.25, -0.2) is 9.37 Å². The van der Waals surface area contributed by atoms with E-state index in [4.69, 9.17) is 0 Å². The summed E-state index contributed by atoms with van der Waals surface area (Å²) in [4.78, 5) is 9.46. The summed E-state index contributed by atoms with van der Waals surface area (Å²) in [6, 6.07) is 2.61. The number of nitrogens with one attached hydrogen (secondary N) is 2. The molecule has 0 bridgehead atoms. The van der Waals surface area contributed by atoms with Gasteiger partial charge >= 0.3 is 6.18 Å². The predicted molar refractivity (Wildman–Crippen MR) is 105 cm³/mol. The molecule has 0 aliphatic heterocycles. The average Bonchev–Trinajstić information content (AvgIpc) is 2.86. The molecular formula is C16H19F4IN4S. The zero-order valence-corrected chi connectivity index (χ0v) is 17.5. The molecule has 1 heterocycles. The monoisotopic (exact) mass is 502 g/mol. The van der Waals surface area contributed by atoms with Crippen molar-refractivity contribution in [2.75, 3.05) is 7.05 Å². The molecule has 0 unspecified atom stereocenters. The van der Waals surface area contributed by atoms with E-state index in [1.54, 1.807) is 11.3 Å². The molecule has 0 aliphatic carbocycles. The van der Waals surface area contributed by atoms with Crippen molar-refractivity contribution in [2.24, 2.45) is 4.99 Å². The van der Waals surface area contributed by atoms with Crippen LogP contribution in [0.1, 0.15) is 26.7 Å². The lowest BCUT2D eigenvalue weighted by molar-refractivity contribution is -0.138. The van der Waals surface area contributed by atoms with Crippen LogP contribution in [0.4, 0.5) is 17.6 Å². The van der Waals surface area contributed by atoms with Gasteiger partial charge in [-0.2, -0.15) is 13.2 Å². The molecule has 0 radical (unpaired) electrons. The molecule has 0 aliphatic rings. The Bertz CT molecular complexity index is 755. The summed E-state index contributed by atoms with van der Waals surface area (Å²) in [6.45, 7) is 4.16. The summed E-state index contributed by atoms with van der Waals surface area (Å²) in [7, 11) is 1.52. The van der Waals surface area contributed by atoms with Crippen LogP contribution in [0.5, 0.6) is 0 Å². The van der Waals surface area contributed by atoms with Crippen LogP contribution >= 0.6 is 35.3 Å². The maximum atomic E-state index is 13.1. The quantitative estimate of drug-likeness (QED) is 0.282. The van der Waals surface area contributed by atoms with Gasteiger partial charge in [-0.1, -0.05) is 6.07 Å². The maximum absolute atomic E-state index is 13.1. The van der Waals surface area contributed by atoms with Crippen LogP contribution in [0.25, 0.3) is 0 Å². The van der Waals surface area contributed by atoms with Crippen molar-refractivity contribution in [1.29, 1.82) is 0 Å². The Morgan fingerprint density at radius 2 is 1.85 bits per heavy atom. The number of aromatic nitrogens is 1. The Kier molecular flexibility index (Phi) is 8.25. The van der Waals surface area contributed by atoms with E-state index in [1.807, 2.05) is 13.8 Å². The molecule has 0 spiro atoms. The number of hydrogen-bond donors (Lipinski definition) is 2. The average molecular weight is 502 g/mol. The van der Waals surface area contributed by atoms with E-state index in [-0.39, 0.29) is 36.1 Å². The molecule has 10 heteroatoms. The Hall–Kier alpha value is -1.43. The number of aliphatic imine (C=N–C) groups is 1. The molecule has 2 aromatic rings. The summed E-state index contributed by atoms with van der Waals surface area (Å²) in [5.74, 6) is -0.587. The van der Waals surface area contributed by atoms with Crippen molar-refractivity contribution in [3.8, 4) is 0 Å². The standard InChI is InChI=1S/C16H18F4N4S.HI/c1-9-10(2)25-14(24-9)8-23-15(21-3)22-7-11-4-5-12(17)6-13(11)16(18,19)20;/h4-6H,7-8H2,1-3H3,(H2,21,22,23);1H. The molecule has 0 amide bonds. The lowest BCUT2D eigenvalue weighted by atomic mass is 10.1. The van der Waals surface area contributed by atoms with E-state index < -0.39 is 17.6 Å². The van der Waals surface area contributed by atoms with Crippen LogP contribution in [0.2, 0.25) is 0 Å². The fraction of sp³-hybridized carbons (Fsp3) is 0.375. The van der Waals surface area contributed by atoms with Gasteiger partial charge in [0.15, 0.2) is 5.96 Å². The minimum Gasteiger partial charge on any atom is -0.352 e. The number of guanidine groups is 1. The minimum absolute atomic E-state index is 0. The van der Waals surface area contributed by atoms with Gasteiger partial charge in [0.05, 0.1) is 17.8 Å². The molecule has 2 rings (SSSR count). The SMILES string of the molecule is CN=C(NCc1nc(C)c(C)s1)NCc1ccc(F)cc1C(F)(F)F.I. The van der Waals surface area contributed by atoms with Crippen LogP contribution in [0.3, 0.4) is 0 Å². The normalized spacial score (nSPS) is 11.9.